The van der Waals surface area contributed by atoms with Gasteiger partial charge in [-0.1, -0.05) is 12.8 Å². The van der Waals surface area contributed by atoms with Crippen molar-refractivity contribution in [2.24, 2.45) is 5.73 Å². The van der Waals surface area contributed by atoms with Crippen LogP contribution in [0.1, 0.15) is 76.7 Å². The van der Waals surface area contributed by atoms with E-state index < -0.39 is 166 Å². The van der Waals surface area contributed by atoms with E-state index in [-0.39, 0.29) is 55.7 Å². The average molecular weight is 1230 g/mol. The Morgan fingerprint density at radius 1 is 0.767 bits per heavy atom. The number of ketones is 1. The molecule has 3 aliphatic heterocycles. The Morgan fingerprint density at radius 3 is 2.09 bits per heavy atom. The third kappa shape index (κ3) is 20.3. The fraction of sp³-hybridized carbons (Fsp3) is 0.722. The summed E-state index contributed by atoms with van der Waals surface area (Å²) in [7, 11) is 0. The largest absolute Gasteiger partial charge is 0.477 e. The minimum Gasteiger partial charge on any atom is -0.477 e. The smallest absolute Gasteiger partial charge is 0.364 e. The summed E-state index contributed by atoms with van der Waals surface area (Å²) in [4.78, 5) is 87.7. The minimum atomic E-state index is -3.21. The quantitative estimate of drug-likeness (QED) is 0.0223. The molecule has 17 N–H and O–H groups in total. The number of ether oxygens (including phenoxy) is 8. The monoisotopic (exact) mass is 1230 g/mol. The van der Waals surface area contributed by atoms with Crippen molar-refractivity contribution >= 4 is 46.4 Å². The highest BCUT2D eigenvalue weighted by atomic mass is 16.8. The molecule has 1 aromatic carbocycles. The number of carbonyl (C=O) groups is 6. The highest BCUT2D eigenvalue weighted by Gasteiger charge is 2.60. The van der Waals surface area contributed by atoms with Crippen molar-refractivity contribution in [1.82, 2.24) is 21.3 Å². The van der Waals surface area contributed by atoms with Gasteiger partial charge in [0.2, 0.25) is 29.9 Å². The maximum Gasteiger partial charge on any atom is 0.364 e. The standard InChI is InChI=1S/C54H83N5O27/c1-27-19-41(70)81-34-20-29(12-13-30(27)34)80-51-46(74)45(73)48(36(25-62)83-51)84-52-47(75)50(44(72)35(24-61)82-52)86-54(53(76)77)21-32(64)42(49(85-54)43(71)33(65)23-60)59-39(68)22-57-38(67)11-6-4-3-5-10-37(66)56-15-8-7-9-31(28(2)63)58-40(69)26-79-18-17-78-16-14-55/h12-13,19-20,31-33,35-36,42-52,60-62,64-65,71-75H,3-11,14-18,21-26,55H2,1-2H3,(H,56,66)(H,57,67)(H,58,69)(H,59,68)(H,76,77)/t31-,32?,33+,35?,36?,42?,43?,44-,45?,46-,47-,48+,49?,50?,51+,52-,54?/m0/s1. The number of unbranched alkanes of at least 4 members (excludes halogenated alkanes) is 4. The highest BCUT2D eigenvalue weighted by molar-refractivity contribution is 5.88. The third-order valence-corrected chi connectivity index (χ3v) is 14.5. The Bertz CT molecular complexity index is 2560. The minimum absolute atomic E-state index is 0.00262. The highest BCUT2D eigenvalue weighted by Crippen LogP contribution is 2.39. The Labute approximate surface area is 493 Å². The zero-order valence-corrected chi connectivity index (χ0v) is 47.7. The van der Waals surface area contributed by atoms with Crippen LogP contribution in [0.15, 0.2) is 33.5 Å². The Balaban J connectivity index is 1.09. The van der Waals surface area contributed by atoms with Crippen LogP contribution in [0.5, 0.6) is 5.75 Å². The number of hydrogen-bond acceptors (Lipinski definition) is 27. The summed E-state index contributed by atoms with van der Waals surface area (Å²) in [5.74, 6) is -7.67. The number of benzene rings is 1. The number of fused-ring (bicyclic) bond motifs is 1. The van der Waals surface area contributed by atoms with Crippen molar-refractivity contribution < 1.29 is 127 Å². The van der Waals surface area contributed by atoms with Gasteiger partial charge in [0, 0.05) is 49.9 Å². The number of aliphatic hydroxyl groups excluding tert-OH is 10. The normalized spacial score (nSPS) is 28.6. The summed E-state index contributed by atoms with van der Waals surface area (Å²) < 4.78 is 49.9. The number of nitrogens with two attached hydrogens (primary N) is 1. The molecule has 32 nitrogen and oxygen atoms in total. The van der Waals surface area contributed by atoms with Crippen LogP contribution in [0.25, 0.3) is 11.0 Å². The van der Waals surface area contributed by atoms with E-state index in [2.05, 4.69) is 21.3 Å². The SMILES string of the molecule is CC(=O)[C@H](CCCCNC(=O)CCCCCCC(=O)NCC(=O)NC1C(O)CC(OC2[C@@H](O)C(CO)O[C@@H](O[C@@H]3C(CO)O[C@@H](Oc4ccc5c(C)cc(=O)oc5c4)[C@@H](O)C3O)[C@H]2O)(C(=O)O)OC1C(O)[C@H](O)CO)NC(=O)COCCOCCN. The van der Waals surface area contributed by atoms with Gasteiger partial charge in [0.15, 0.2) is 12.1 Å². The number of hydrogen-bond donors (Lipinski definition) is 16. The van der Waals surface area contributed by atoms with Gasteiger partial charge in [-0.15, -0.1) is 0 Å². The van der Waals surface area contributed by atoms with Gasteiger partial charge in [-0.3, -0.25) is 24.0 Å². The fourth-order valence-corrected chi connectivity index (χ4v) is 9.82. The maximum atomic E-state index is 13.2. The first-order valence-electron chi connectivity index (χ1n) is 28.3. The van der Waals surface area contributed by atoms with Crippen LogP contribution < -0.4 is 37.4 Å². The number of amides is 4. The predicted molar refractivity (Wildman–Crippen MR) is 291 cm³/mol. The van der Waals surface area contributed by atoms with Crippen LogP contribution in [0, 0.1) is 6.92 Å². The zero-order valence-electron chi connectivity index (χ0n) is 47.7. The van der Waals surface area contributed by atoms with Crippen molar-refractivity contribution in [2.75, 3.05) is 65.9 Å². The number of aliphatic carboxylic acids is 1. The van der Waals surface area contributed by atoms with Gasteiger partial charge in [-0.2, -0.15) is 0 Å². The zero-order chi connectivity index (χ0) is 63.3. The molecule has 486 valence electrons. The molecular weight excluding hydrogens is 1150 g/mol. The lowest BCUT2D eigenvalue weighted by Crippen LogP contribution is -2.71. The second-order valence-corrected chi connectivity index (χ2v) is 21.1. The van der Waals surface area contributed by atoms with Crippen LogP contribution in [-0.2, 0) is 61.9 Å². The molecule has 3 saturated heterocycles. The summed E-state index contributed by atoms with van der Waals surface area (Å²) >= 11 is 0. The average Bonchev–Trinajstić information content (AvgIpc) is 1.86. The molecular formula is C54H83N5O27. The number of rotatable bonds is 36. The van der Waals surface area contributed by atoms with Crippen LogP contribution in [0.3, 0.4) is 0 Å². The predicted octanol–water partition coefficient (Wildman–Crippen LogP) is -5.93. The van der Waals surface area contributed by atoms with E-state index in [0.717, 1.165) is 0 Å². The van der Waals surface area contributed by atoms with E-state index in [1.54, 1.807) is 13.0 Å². The number of aliphatic hydroxyl groups is 10. The van der Waals surface area contributed by atoms with Crippen molar-refractivity contribution in [3.63, 3.8) is 0 Å². The second kappa shape index (κ2) is 34.9. The number of nitrogens with one attached hydrogen (secondary N) is 4. The number of carboxylic acids is 1. The summed E-state index contributed by atoms with van der Waals surface area (Å²) in [5.41, 5.74) is 5.41. The first-order chi connectivity index (χ1) is 41.0. The van der Waals surface area contributed by atoms with Crippen molar-refractivity contribution in [1.29, 1.82) is 0 Å². The molecule has 3 aliphatic rings. The lowest BCUT2D eigenvalue weighted by atomic mass is 9.88. The topological polar surface area (TPSA) is 503 Å². The van der Waals surface area contributed by atoms with Gasteiger partial charge >= 0.3 is 11.6 Å². The van der Waals surface area contributed by atoms with E-state index in [0.29, 0.717) is 75.6 Å². The molecule has 0 radical (unpaired) electrons. The van der Waals surface area contributed by atoms with E-state index in [4.69, 9.17) is 48.0 Å². The van der Waals surface area contributed by atoms with Crippen LogP contribution in [0.2, 0.25) is 0 Å². The van der Waals surface area contributed by atoms with E-state index in [1.807, 2.05) is 0 Å². The summed E-state index contributed by atoms with van der Waals surface area (Å²) in [6.07, 6.45) is -25.8. The first kappa shape index (κ1) is 71.3. The van der Waals surface area contributed by atoms with Gasteiger partial charge < -0.3 is 125 Å². The number of Topliss-reactive ketones (excluding diaryl/α,β-unsaturated/α-hetero) is 1. The Kier molecular flexibility index (Phi) is 28.9. The number of carbonyl (C=O) groups excluding carboxylic acids is 5. The molecule has 4 amide bonds. The van der Waals surface area contributed by atoms with Gasteiger partial charge in [-0.25, -0.2) is 9.59 Å². The van der Waals surface area contributed by atoms with Crippen molar-refractivity contribution in [3.8, 4) is 5.75 Å². The molecule has 4 heterocycles. The molecule has 0 saturated carbocycles. The van der Waals surface area contributed by atoms with Gasteiger partial charge in [0.05, 0.1) is 64.4 Å². The molecule has 3 fully saturated rings. The van der Waals surface area contributed by atoms with E-state index in [9.17, 15) is 89.7 Å². The first-order valence-corrected chi connectivity index (χ1v) is 28.3. The van der Waals surface area contributed by atoms with Crippen LogP contribution in [0.4, 0.5) is 0 Å². The van der Waals surface area contributed by atoms with Crippen LogP contribution in [-0.4, -0.2) is 261 Å². The summed E-state index contributed by atoms with van der Waals surface area (Å²) in [5, 5.41) is 130. The molecule has 0 bridgehead atoms. The Morgan fingerprint density at radius 2 is 1.44 bits per heavy atom. The molecule has 86 heavy (non-hydrogen) atoms. The number of aryl methyl sites for hydroxylation is 1. The lowest BCUT2D eigenvalue weighted by molar-refractivity contribution is -0.384. The van der Waals surface area contributed by atoms with Gasteiger partial charge in [0.1, 0.15) is 85.1 Å². The van der Waals surface area contributed by atoms with Gasteiger partial charge in [-0.05, 0) is 63.6 Å². The third-order valence-electron chi connectivity index (χ3n) is 14.5. The summed E-state index contributed by atoms with van der Waals surface area (Å²) in [6.45, 7) is 0.548. The Hall–Kier alpha value is -5.47. The van der Waals surface area contributed by atoms with E-state index in [1.165, 1.54) is 25.1 Å². The second-order valence-electron chi connectivity index (χ2n) is 21.1. The van der Waals surface area contributed by atoms with Crippen molar-refractivity contribution in [3.05, 3.63) is 40.2 Å². The molecule has 5 rings (SSSR count). The molecule has 17 atom stereocenters. The fourth-order valence-electron chi connectivity index (χ4n) is 9.82. The molecule has 32 heteroatoms. The summed E-state index contributed by atoms with van der Waals surface area (Å²) in [6, 6.07) is 3.12. The maximum absolute atomic E-state index is 13.2. The molecule has 0 aliphatic carbocycles. The molecule has 0 spiro atoms. The molecule has 9 unspecified atom stereocenters. The molecule has 2 aromatic rings. The van der Waals surface area contributed by atoms with Crippen LogP contribution >= 0.6 is 0 Å². The van der Waals surface area contributed by atoms with Crippen molar-refractivity contribution in [2.45, 2.75) is 182 Å². The number of carboxylic acid groups (broad SMARTS) is 1. The van der Waals surface area contributed by atoms with Gasteiger partial charge in [0.25, 0.3) is 5.79 Å². The lowest BCUT2D eigenvalue weighted by Gasteiger charge is -2.50. The van der Waals surface area contributed by atoms with E-state index >= 15 is 0 Å². The molecule has 1 aromatic heterocycles.